The zero-order valence-electron chi connectivity index (χ0n) is 20.5. The van der Waals surface area contributed by atoms with Crippen molar-refractivity contribution in [3.05, 3.63) is 73.2 Å². The predicted molar refractivity (Wildman–Crippen MR) is 143 cm³/mol. The summed E-state index contributed by atoms with van der Waals surface area (Å²) < 4.78 is 14.0. The van der Waals surface area contributed by atoms with Crippen LogP contribution >= 0.6 is 0 Å². The fourth-order valence-electron chi connectivity index (χ4n) is 4.35. The number of aromatic amines is 2. The highest BCUT2D eigenvalue weighted by Crippen LogP contribution is 2.35. The molecule has 9 nitrogen and oxygen atoms in total. The molecule has 0 fully saturated rings. The highest BCUT2D eigenvalue weighted by atomic mass is 19.1. The summed E-state index contributed by atoms with van der Waals surface area (Å²) in [5.41, 5.74) is 6.08. The molecule has 0 saturated heterocycles. The van der Waals surface area contributed by atoms with Gasteiger partial charge in [0.05, 0.1) is 46.7 Å². The third-order valence-electron chi connectivity index (χ3n) is 6.27. The second kappa shape index (κ2) is 9.07. The van der Waals surface area contributed by atoms with Gasteiger partial charge in [-0.3, -0.25) is 24.8 Å². The summed E-state index contributed by atoms with van der Waals surface area (Å²) in [7, 11) is 0. The van der Waals surface area contributed by atoms with Crippen LogP contribution in [0.5, 0.6) is 5.75 Å². The zero-order valence-corrected chi connectivity index (χ0v) is 20.5. The predicted octanol–water partition coefficient (Wildman–Crippen LogP) is 5.67. The number of nitrogens with one attached hydrogen (secondary N) is 3. The molecule has 0 unspecified atom stereocenters. The molecule has 6 aromatic rings. The summed E-state index contributed by atoms with van der Waals surface area (Å²) >= 11 is 0. The third kappa shape index (κ3) is 4.21. The highest BCUT2D eigenvalue weighted by Gasteiger charge is 2.16. The zero-order chi connectivity index (χ0) is 26.4. The molecule has 0 aliphatic carbocycles. The van der Waals surface area contributed by atoms with Crippen LogP contribution in [0.4, 0.5) is 10.1 Å². The van der Waals surface area contributed by atoms with Crippen molar-refractivity contribution in [2.75, 3.05) is 5.32 Å². The van der Waals surface area contributed by atoms with Crippen molar-refractivity contribution in [2.45, 2.75) is 13.8 Å². The molecule has 188 valence electrons. The summed E-state index contributed by atoms with van der Waals surface area (Å²) in [5, 5.41) is 21.9. The van der Waals surface area contributed by atoms with Gasteiger partial charge >= 0.3 is 0 Å². The number of rotatable bonds is 5. The van der Waals surface area contributed by atoms with E-state index in [1.54, 1.807) is 31.0 Å². The monoisotopic (exact) mass is 507 g/mol. The van der Waals surface area contributed by atoms with E-state index in [0.717, 1.165) is 39.1 Å². The van der Waals surface area contributed by atoms with Crippen molar-refractivity contribution in [3.8, 4) is 39.5 Å². The van der Waals surface area contributed by atoms with Crippen LogP contribution in [0.25, 0.3) is 55.6 Å². The van der Waals surface area contributed by atoms with Gasteiger partial charge in [0.1, 0.15) is 17.3 Å². The van der Waals surface area contributed by atoms with Gasteiger partial charge in [0.2, 0.25) is 5.91 Å². The summed E-state index contributed by atoms with van der Waals surface area (Å²) in [6.45, 7) is 3.65. The number of aromatic hydroxyl groups is 1. The molecular weight excluding hydrogens is 485 g/mol. The van der Waals surface area contributed by atoms with Crippen LogP contribution < -0.4 is 5.32 Å². The first kappa shape index (κ1) is 23.3. The molecule has 0 saturated carbocycles. The minimum absolute atomic E-state index is 0.0920. The molecule has 0 bridgehead atoms. The molecule has 0 radical (unpaired) electrons. The number of anilines is 1. The topological polar surface area (TPSA) is 132 Å². The third-order valence-corrected chi connectivity index (χ3v) is 6.27. The minimum Gasteiger partial charge on any atom is -0.508 e. The summed E-state index contributed by atoms with van der Waals surface area (Å²) in [5.74, 6) is -0.937. The summed E-state index contributed by atoms with van der Waals surface area (Å²) in [6, 6.07) is 9.58. The molecular formula is C28H22FN7O2. The van der Waals surface area contributed by atoms with Crippen LogP contribution in [0.15, 0.2) is 67.4 Å². The second-order valence-electron chi connectivity index (χ2n) is 9.32. The molecule has 6 rings (SSSR count). The summed E-state index contributed by atoms with van der Waals surface area (Å²) in [6.07, 6.45) is 8.31. The molecule has 10 heteroatoms. The number of fused-ring (bicyclic) bond motifs is 2. The maximum atomic E-state index is 14.0. The van der Waals surface area contributed by atoms with E-state index in [9.17, 15) is 14.3 Å². The number of phenols is 1. The number of nitrogens with zero attached hydrogens (tertiary/aromatic N) is 4. The Morgan fingerprint density at radius 3 is 2.58 bits per heavy atom. The van der Waals surface area contributed by atoms with Crippen LogP contribution in [-0.4, -0.2) is 41.1 Å². The standard InChI is InChI=1S/C28H22FN7O2/c1-14(2)28(38)33-18-4-16(9-30-10-18)23-8-21-26(13-32-23)35-36-27(21)24-7-20-22(11-31-12-25(20)34-24)15-3-17(29)6-19(37)5-15/h3-14,34,37H,1-2H3,(H,33,38)(H,35,36). The van der Waals surface area contributed by atoms with Gasteiger partial charge in [-0.1, -0.05) is 13.8 Å². The van der Waals surface area contributed by atoms with Crippen LogP contribution in [0.2, 0.25) is 0 Å². The smallest absolute Gasteiger partial charge is 0.226 e. The fraction of sp³-hybridized carbons (Fsp3) is 0.107. The van der Waals surface area contributed by atoms with Gasteiger partial charge in [0.25, 0.3) is 0 Å². The lowest BCUT2D eigenvalue weighted by Crippen LogP contribution is -2.17. The molecule has 0 aliphatic rings. The quantitative estimate of drug-likeness (QED) is 0.238. The van der Waals surface area contributed by atoms with E-state index in [1.807, 2.05) is 32.0 Å². The lowest BCUT2D eigenvalue weighted by Gasteiger charge is -2.08. The Morgan fingerprint density at radius 2 is 1.76 bits per heavy atom. The first-order valence-electron chi connectivity index (χ1n) is 11.9. The molecule has 4 N–H and O–H groups in total. The lowest BCUT2D eigenvalue weighted by atomic mass is 10.0. The van der Waals surface area contributed by atoms with Gasteiger partial charge in [0.15, 0.2) is 0 Å². The molecule has 38 heavy (non-hydrogen) atoms. The van der Waals surface area contributed by atoms with Gasteiger partial charge in [-0.25, -0.2) is 4.39 Å². The average Bonchev–Trinajstić information content (AvgIpc) is 3.51. The van der Waals surface area contributed by atoms with E-state index >= 15 is 0 Å². The van der Waals surface area contributed by atoms with E-state index in [4.69, 9.17) is 0 Å². The molecule has 5 heterocycles. The first-order valence-corrected chi connectivity index (χ1v) is 11.9. The minimum atomic E-state index is -0.534. The maximum absolute atomic E-state index is 14.0. The Bertz CT molecular complexity index is 1820. The van der Waals surface area contributed by atoms with Crippen molar-refractivity contribution in [1.82, 2.24) is 30.1 Å². The summed E-state index contributed by atoms with van der Waals surface area (Å²) in [4.78, 5) is 28.6. The number of pyridine rings is 3. The molecule has 1 aromatic carbocycles. The number of hydrogen-bond donors (Lipinski definition) is 4. The maximum Gasteiger partial charge on any atom is 0.226 e. The van der Waals surface area contributed by atoms with Gasteiger partial charge in [0, 0.05) is 46.3 Å². The Labute approximate surface area is 215 Å². The number of amides is 1. The highest BCUT2D eigenvalue weighted by molar-refractivity contribution is 6.01. The van der Waals surface area contributed by atoms with Crippen molar-refractivity contribution < 1.29 is 14.3 Å². The van der Waals surface area contributed by atoms with E-state index in [1.165, 1.54) is 12.1 Å². The number of H-pyrrole nitrogens is 2. The van der Waals surface area contributed by atoms with E-state index < -0.39 is 5.82 Å². The largest absolute Gasteiger partial charge is 0.508 e. The number of benzene rings is 1. The Kier molecular flexibility index (Phi) is 5.56. The van der Waals surface area contributed by atoms with Crippen molar-refractivity contribution in [3.63, 3.8) is 0 Å². The lowest BCUT2D eigenvalue weighted by molar-refractivity contribution is -0.118. The number of hydrogen-bond acceptors (Lipinski definition) is 6. The van der Waals surface area contributed by atoms with Crippen LogP contribution in [-0.2, 0) is 4.79 Å². The van der Waals surface area contributed by atoms with Gasteiger partial charge in [-0.2, -0.15) is 5.10 Å². The Morgan fingerprint density at radius 1 is 0.921 bits per heavy atom. The number of carbonyl (C=O) groups excluding carboxylic acids is 1. The average molecular weight is 508 g/mol. The molecule has 5 aromatic heterocycles. The van der Waals surface area contributed by atoms with E-state index in [0.29, 0.717) is 28.2 Å². The van der Waals surface area contributed by atoms with Gasteiger partial charge in [-0.05, 0) is 35.9 Å². The van der Waals surface area contributed by atoms with E-state index in [-0.39, 0.29) is 17.6 Å². The van der Waals surface area contributed by atoms with Gasteiger partial charge < -0.3 is 15.4 Å². The van der Waals surface area contributed by atoms with Gasteiger partial charge in [-0.15, -0.1) is 0 Å². The number of halogens is 1. The van der Waals surface area contributed by atoms with Crippen molar-refractivity contribution >= 4 is 33.4 Å². The molecule has 0 aliphatic heterocycles. The molecule has 0 atom stereocenters. The number of aromatic nitrogens is 6. The Hall–Kier alpha value is -5.12. The fourth-order valence-corrected chi connectivity index (χ4v) is 4.35. The number of carbonyl (C=O) groups is 1. The van der Waals surface area contributed by atoms with Crippen molar-refractivity contribution in [1.29, 1.82) is 0 Å². The van der Waals surface area contributed by atoms with Crippen LogP contribution in [0.1, 0.15) is 13.8 Å². The van der Waals surface area contributed by atoms with E-state index in [2.05, 4.69) is 35.5 Å². The molecule has 1 amide bonds. The van der Waals surface area contributed by atoms with Crippen LogP contribution in [0, 0.1) is 11.7 Å². The Balaban J connectivity index is 1.42. The molecule has 0 spiro atoms. The number of phenolic OH excluding ortho intramolecular Hbond substituents is 1. The van der Waals surface area contributed by atoms with Crippen LogP contribution in [0.3, 0.4) is 0 Å². The SMILES string of the molecule is CC(C)C(=O)Nc1cncc(-c2cc3c(-c4cc5c(-c6cc(O)cc(F)c6)cncc5[nH]4)n[nH]c3cn2)c1. The first-order chi connectivity index (χ1) is 18.4. The second-order valence-corrected chi connectivity index (χ2v) is 9.32. The normalized spacial score (nSPS) is 11.5. The van der Waals surface area contributed by atoms with Crippen molar-refractivity contribution in [2.24, 2.45) is 5.92 Å².